The van der Waals surface area contributed by atoms with Gasteiger partial charge in [0.1, 0.15) is 30.5 Å². The first-order valence-electron chi connectivity index (χ1n) is 13.9. The number of benzene rings is 1. The van der Waals surface area contributed by atoms with E-state index in [1.807, 2.05) is 20.8 Å². The second-order valence-electron chi connectivity index (χ2n) is 9.76. The van der Waals surface area contributed by atoms with Gasteiger partial charge in [0.15, 0.2) is 11.5 Å². The van der Waals surface area contributed by atoms with Gasteiger partial charge in [0.2, 0.25) is 0 Å². The minimum atomic E-state index is -1.07. The van der Waals surface area contributed by atoms with E-state index in [9.17, 15) is 19.2 Å². The summed E-state index contributed by atoms with van der Waals surface area (Å²) >= 11 is 0. The minimum absolute atomic E-state index is 0.0190. The van der Waals surface area contributed by atoms with Crippen LogP contribution in [0.3, 0.4) is 0 Å². The zero-order valence-electron chi connectivity index (χ0n) is 24.7. The lowest BCUT2D eigenvalue weighted by Gasteiger charge is -2.22. The fraction of sp³-hybridized carbons (Fsp3) is 0.655. The van der Waals surface area contributed by atoms with Gasteiger partial charge >= 0.3 is 24.2 Å². The summed E-state index contributed by atoms with van der Waals surface area (Å²) in [4.78, 5) is 49.0. The van der Waals surface area contributed by atoms with Crippen molar-refractivity contribution in [2.45, 2.75) is 124 Å². The molecule has 1 rings (SSSR count). The fourth-order valence-corrected chi connectivity index (χ4v) is 3.15. The summed E-state index contributed by atoms with van der Waals surface area (Å²) in [5.74, 6) is -1.22. The van der Waals surface area contributed by atoms with Crippen molar-refractivity contribution < 1.29 is 47.6 Å². The van der Waals surface area contributed by atoms with E-state index in [1.165, 1.54) is 12.1 Å². The number of esters is 2. The van der Waals surface area contributed by atoms with E-state index in [0.29, 0.717) is 24.8 Å². The van der Waals surface area contributed by atoms with Crippen LogP contribution < -0.4 is 15.2 Å². The number of carbonyl (C=O) groups excluding carboxylic acids is 4. The third kappa shape index (κ3) is 13.1. The number of unbranched alkanes of at least 4 members (excludes halogenated alkanes) is 2. The molecule has 0 aliphatic rings. The van der Waals surface area contributed by atoms with E-state index in [2.05, 4.69) is 0 Å². The normalized spacial score (nSPS) is 14.6. The van der Waals surface area contributed by atoms with E-state index in [-0.39, 0.29) is 30.0 Å². The summed E-state index contributed by atoms with van der Waals surface area (Å²) in [7, 11) is 0. The Labute approximate surface area is 236 Å². The highest BCUT2D eigenvalue weighted by Crippen LogP contribution is 2.30. The summed E-state index contributed by atoms with van der Waals surface area (Å²) in [5, 5.41) is 0. The largest absolute Gasteiger partial charge is 0.514 e. The Kier molecular flexibility index (Phi) is 15.7. The average Bonchev–Trinajstić information content (AvgIpc) is 2.89. The smallest absolute Gasteiger partial charge is 0.459 e. The van der Waals surface area contributed by atoms with E-state index in [1.54, 1.807) is 33.8 Å². The van der Waals surface area contributed by atoms with Crippen LogP contribution >= 0.6 is 0 Å². The molecule has 0 saturated heterocycles. The standard InChI is InChI=1S/C29H45NO10/c1-8-11-12-13-26(31)37-20(6)21(7)38-27(32)23(30)16-22-14-15-24(39-28(33)35-18(4)9-2)25(17-22)40-29(34)36-19(5)10-3/h14-15,17-21,23H,8-13,16,30H2,1-7H3/t18?,19?,20-,21-,23-/m0/s1. The minimum Gasteiger partial charge on any atom is -0.459 e. The molecule has 0 bridgehead atoms. The Morgan fingerprint density at radius 3 is 1.85 bits per heavy atom. The molecule has 0 radical (unpaired) electrons. The Morgan fingerprint density at radius 2 is 1.30 bits per heavy atom. The zero-order chi connectivity index (χ0) is 30.2. The Balaban J connectivity index is 2.90. The molecule has 40 heavy (non-hydrogen) atoms. The van der Waals surface area contributed by atoms with Gasteiger partial charge in [-0.05, 0) is 71.1 Å². The SMILES string of the molecule is CCCCCC(=O)O[C@@H](C)[C@H](C)OC(=O)[C@@H](N)Cc1ccc(OC(=O)OC(C)CC)c(OC(=O)OC(C)CC)c1. The van der Waals surface area contributed by atoms with Crippen molar-refractivity contribution in [3.63, 3.8) is 0 Å². The molecule has 2 unspecified atom stereocenters. The first kappa shape index (κ1) is 34.7. The van der Waals surface area contributed by atoms with Crippen LogP contribution in [-0.4, -0.2) is 54.7 Å². The maximum Gasteiger partial charge on any atom is 0.514 e. The predicted molar refractivity (Wildman–Crippen MR) is 147 cm³/mol. The topological polar surface area (TPSA) is 150 Å². The summed E-state index contributed by atoms with van der Waals surface area (Å²) in [6.07, 6.45) is 0.0944. The van der Waals surface area contributed by atoms with Crippen molar-refractivity contribution in [1.29, 1.82) is 0 Å². The van der Waals surface area contributed by atoms with E-state index in [4.69, 9.17) is 34.2 Å². The molecule has 2 N–H and O–H groups in total. The Hall–Kier alpha value is -3.34. The highest BCUT2D eigenvalue weighted by Gasteiger charge is 2.25. The van der Waals surface area contributed by atoms with Gasteiger partial charge in [0.25, 0.3) is 0 Å². The molecule has 1 aromatic carbocycles. The molecule has 0 aliphatic carbocycles. The monoisotopic (exact) mass is 567 g/mol. The Morgan fingerprint density at radius 1 is 0.750 bits per heavy atom. The fourth-order valence-electron chi connectivity index (χ4n) is 3.15. The molecule has 5 atom stereocenters. The van der Waals surface area contributed by atoms with Gasteiger partial charge < -0.3 is 34.2 Å². The highest BCUT2D eigenvalue weighted by molar-refractivity contribution is 5.76. The van der Waals surface area contributed by atoms with Crippen LogP contribution in [0.15, 0.2) is 18.2 Å². The maximum absolute atomic E-state index is 12.6. The van der Waals surface area contributed by atoms with Crippen LogP contribution in [0.4, 0.5) is 9.59 Å². The Bertz CT molecular complexity index is 966. The molecule has 0 amide bonds. The maximum atomic E-state index is 12.6. The quantitative estimate of drug-likeness (QED) is 0.115. The first-order valence-corrected chi connectivity index (χ1v) is 13.9. The van der Waals surface area contributed by atoms with Gasteiger partial charge in [0, 0.05) is 6.42 Å². The molecular formula is C29H45NO10. The van der Waals surface area contributed by atoms with E-state index < -0.39 is 42.6 Å². The van der Waals surface area contributed by atoms with Crippen LogP contribution in [0.1, 0.15) is 92.6 Å². The average molecular weight is 568 g/mol. The van der Waals surface area contributed by atoms with Crippen LogP contribution in [0.5, 0.6) is 11.5 Å². The molecule has 11 heteroatoms. The van der Waals surface area contributed by atoms with Crippen molar-refractivity contribution >= 4 is 24.2 Å². The number of ether oxygens (including phenoxy) is 6. The van der Waals surface area contributed by atoms with Crippen LogP contribution in [0.2, 0.25) is 0 Å². The molecule has 226 valence electrons. The second kappa shape index (κ2) is 18.1. The van der Waals surface area contributed by atoms with Crippen LogP contribution in [-0.2, 0) is 35.0 Å². The lowest BCUT2D eigenvalue weighted by molar-refractivity contribution is -0.166. The number of rotatable bonds is 16. The van der Waals surface area contributed by atoms with Gasteiger partial charge in [-0.15, -0.1) is 0 Å². The molecule has 0 fully saturated rings. The lowest BCUT2D eigenvalue weighted by Crippen LogP contribution is -2.39. The molecule has 0 spiro atoms. The van der Waals surface area contributed by atoms with Crippen molar-refractivity contribution in [1.82, 2.24) is 0 Å². The summed E-state index contributed by atoms with van der Waals surface area (Å²) in [5.41, 5.74) is 6.59. The lowest BCUT2D eigenvalue weighted by atomic mass is 10.1. The molecule has 0 aromatic heterocycles. The molecule has 0 heterocycles. The van der Waals surface area contributed by atoms with Gasteiger partial charge in [0.05, 0.1) is 0 Å². The molecule has 0 aliphatic heterocycles. The van der Waals surface area contributed by atoms with Gasteiger partial charge in [-0.25, -0.2) is 9.59 Å². The number of nitrogens with two attached hydrogens (primary N) is 1. The molecule has 1 aromatic rings. The number of carbonyl (C=O) groups is 4. The summed E-state index contributed by atoms with van der Waals surface area (Å²) in [6, 6.07) is 3.31. The van der Waals surface area contributed by atoms with Gasteiger partial charge in [-0.3, -0.25) is 9.59 Å². The number of hydrogen-bond acceptors (Lipinski definition) is 11. The highest BCUT2D eigenvalue weighted by atomic mass is 16.7. The van der Waals surface area contributed by atoms with Crippen molar-refractivity contribution in [2.24, 2.45) is 5.73 Å². The van der Waals surface area contributed by atoms with E-state index >= 15 is 0 Å². The summed E-state index contributed by atoms with van der Waals surface area (Å²) < 4.78 is 31.6. The van der Waals surface area contributed by atoms with Crippen molar-refractivity contribution in [3.8, 4) is 11.5 Å². The van der Waals surface area contributed by atoms with Gasteiger partial charge in [-0.1, -0.05) is 39.7 Å². The zero-order valence-corrected chi connectivity index (χ0v) is 24.7. The van der Waals surface area contributed by atoms with Crippen LogP contribution in [0, 0.1) is 0 Å². The molecule has 0 saturated carbocycles. The van der Waals surface area contributed by atoms with Crippen molar-refractivity contribution in [3.05, 3.63) is 23.8 Å². The predicted octanol–water partition coefficient (Wildman–Crippen LogP) is 5.63. The van der Waals surface area contributed by atoms with Crippen molar-refractivity contribution in [2.75, 3.05) is 0 Å². The molecule has 11 nitrogen and oxygen atoms in total. The molecular weight excluding hydrogens is 522 g/mol. The number of hydrogen-bond donors (Lipinski definition) is 1. The van der Waals surface area contributed by atoms with Crippen LogP contribution in [0.25, 0.3) is 0 Å². The second-order valence-corrected chi connectivity index (χ2v) is 9.76. The van der Waals surface area contributed by atoms with Gasteiger partial charge in [-0.2, -0.15) is 0 Å². The third-order valence-electron chi connectivity index (χ3n) is 6.16. The third-order valence-corrected chi connectivity index (χ3v) is 6.16. The first-order chi connectivity index (χ1) is 18.9. The van der Waals surface area contributed by atoms with E-state index in [0.717, 1.165) is 19.3 Å². The summed E-state index contributed by atoms with van der Waals surface area (Å²) in [6.45, 7) is 12.4.